The maximum Gasteiger partial charge on any atom is 0.417 e. The van der Waals surface area contributed by atoms with E-state index in [0.29, 0.717) is 44.7 Å². The summed E-state index contributed by atoms with van der Waals surface area (Å²) >= 11 is 0. The van der Waals surface area contributed by atoms with Gasteiger partial charge in [0.05, 0.1) is 17.1 Å². The number of aromatic nitrogens is 1. The number of amides is 1. The maximum absolute atomic E-state index is 12.6. The van der Waals surface area contributed by atoms with Gasteiger partial charge in [0.15, 0.2) is 9.84 Å². The van der Waals surface area contributed by atoms with Crippen LogP contribution in [0.4, 0.5) is 19.0 Å². The summed E-state index contributed by atoms with van der Waals surface area (Å²) in [5.74, 6) is 0.548. The number of alkyl halides is 3. The van der Waals surface area contributed by atoms with Gasteiger partial charge in [-0.2, -0.15) is 13.2 Å². The summed E-state index contributed by atoms with van der Waals surface area (Å²) in [4.78, 5) is 18.2. The number of hydrogen-bond acceptors (Lipinski definition) is 5. The van der Waals surface area contributed by atoms with Gasteiger partial charge in [0, 0.05) is 31.7 Å². The quantitative estimate of drug-likeness (QED) is 0.810. The van der Waals surface area contributed by atoms with Gasteiger partial charge >= 0.3 is 6.18 Å². The Kier molecular flexibility index (Phi) is 6.16. The Morgan fingerprint density at radius 1 is 1.21 bits per heavy atom. The Morgan fingerprint density at radius 3 is 2.50 bits per heavy atom. The number of hydrogen-bond donors (Lipinski definition) is 1. The second kappa shape index (κ2) is 8.26. The van der Waals surface area contributed by atoms with E-state index in [1.807, 2.05) is 4.90 Å². The third-order valence-electron chi connectivity index (χ3n) is 5.39. The second-order valence-corrected chi connectivity index (χ2v) is 9.76. The molecule has 10 heteroatoms. The fourth-order valence-electron chi connectivity index (χ4n) is 3.78. The van der Waals surface area contributed by atoms with Crippen molar-refractivity contribution in [1.82, 2.24) is 10.3 Å². The first kappa shape index (κ1) is 20.9. The number of carbonyl (C=O) groups is 1. The van der Waals surface area contributed by atoms with E-state index in [1.165, 1.54) is 6.07 Å². The summed E-state index contributed by atoms with van der Waals surface area (Å²) in [5.41, 5.74) is -0.782. The summed E-state index contributed by atoms with van der Waals surface area (Å²) in [6.07, 6.45) is -0.978. The summed E-state index contributed by atoms with van der Waals surface area (Å²) in [7, 11) is -2.99. The molecule has 3 heterocycles. The lowest BCUT2D eigenvalue weighted by molar-refractivity contribution is -0.137. The van der Waals surface area contributed by atoms with E-state index in [1.54, 1.807) is 0 Å². The standard InChI is InChI=1S/C18H24F3N3O3S/c19-18(20,21)15-3-4-16(22-11-15)24-7-5-14(6-8-24)17(25)23-10-13-2-1-9-28(26,27)12-13/h3-4,11,13-14H,1-2,5-10,12H2,(H,23,25). The SMILES string of the molecule is O=C(NCC1CCCS(=O)(=O)C1)C1CCN(c2ccc(C(F)(F)F)cn2)CC1. The molecule has 1 N–H and O–H groups in total. The molecule has 28 heavy (non-hydrogen) atoms. The van der Waals surface area contributed by atoms with Crippen LogP contribution in [0, 0.1) is 11.8 Å². The third kappa shape index (κ3) is 5.36. The molecule has 1 unspecified atom stereocenters. The molecular formula is C18H24F3N3O3S. The second-order valence-electron chi connectivity index (χ2n) is 7.53. The number of nitrogens with one attached hydrogen (secondary N) is 1. The number of anilines is 1. The van der Waals surface area contributed by atoms with Crippen LogP contribution in [-0.2, 0) is 20.8 Å². The molecule has 0 saturated carbocycles. The molecule has 2 fully saturated rings. The van der Waals surface area contributed by atoms with Crippen LogP contribution >= 0.6 is 0 Å². The molecule has 2 saturated heterocycles. The van der Waals surface area contributed by atoms with Crippen LogP contribution in [0.3, 0.4) is 0 Å². The fourth-order valence-corrected chi connectivity index (χ4v) is 5.56. The van der Waals surface area contributed by atoms with Gasteiger partial charge in [-0.25, -0.2) is 13.4 Å². The molecule has 0 radical (unpaired) electrons. The number of carbonyl (C=O) groups excluding carboxylic acids is 1. The molecule has 1 aromatic rings. The van der Waals surface area contributed by atoms with Crippen LogP contribution < -0.4 is 10.2 Å². The molecular weight excluding hydrogens is 395 g/mol. The van der Waals surface area contributed by atoms with Crippen LogP contribution in [0.15, 0.2) is 18.3 Å². The number of nitrogens with zero attached hydrogens (tertiary/aromatic N) is 2. The lowest BCUT2D eigenvalue weighted by atomic mass is 9.95. The Hall–Kier alpha value is -1.84. The minimum absolute atomic E-state index is 0.0286. The first-order valence-electron chi connectivity index (χ1n) is 9.40. The van der Waals surface area contributed by atoms with E-state index in [9.17, 15) is 26.4 Å². The van der Waals surface area contributed by atoms with Crippen molar-refractivity contribution in [2.75, 3.05) is 36.0 Å². The predicted octanol–water partition coefficient (Wildman–Crippen LogP) is 2.26. The predicted molar refractivity (Wildman–Crippen MR) is 98.6 cm³/mol. The van der Waals surface area contributed by atoms with Gasteiger partial charge in [-0.15, -0.1) is 0 Å². The van der Waals surface area contributed by atoms with Gasteiger partial charge in [-0.05, 0) is 43.7 Å². The zero-order chi connectivity index (χ0) is 20.4. The average molecular weight is 419 g/mol. The van der Waals surface area contributed by atoms with Crippen molar-refractivity contribution < 1.29 is 26.4 Å². The zero-order valence-electron chi connectivity index (χ0n) is 15.4. The molecule has 2 aliphatic rings. The zero-order valence-corrected chi connectivity index (χ0v) is 16.2. The molecule has 0 aliphatic carbocycles. The first-order valence-corrected chi connectivity index (χ1v) is 11.2. The number of pyridine rings is 1. The van der Waals surface area contributed by atoms with Crippen molar-refractivity contribution in [1.29, 1.82) is 0 Å². The Labute approximate surface area is 162 Å². The topological polar surface area (TPSA) is 79.4 Å². The molecule has 0 spiro atoms. The van der Waals surface area contributed by atoms with Gasteiger partial charge in [0.25, 0.3) is 0 Å². The van der Waals surface area contributed by atoms with Crippen LogP contribution in [-0.4, -0.2) is 50.4 Å². The Bertz CT molecular complexity index is 789. The highest BCUT2D eigenvalue weighted by molar-refractivity contribution is 7.91. The molecule has 2 aliphatic heterocycles. The fraction of sp³-hybridized carbons (Fsp3) is 0.667. The molecule has 0 bridgehead atoms. The summed E-state index contributed by atoms with van der Waals surface area (Å²) < 4.78 is 61.2. The van der Waals surface area contributed by atoms with E-state index in [2.05, 4.69) is 10.3 Å². The van der Waals surface area contributed by atoms with Gasteiger partial charge in [-0.1, -0.05) is 0 Å². The van der Waals surface area contributed by atoms with Gasteiger partial charge in [0.1, 0.15) is 5.82 Å². The summed E-state index contributed by atoms with van der Waals surface area (Å²) in [6, 6.07) is 2.37. The molecule has 1 atom stereocenters. The van der Waals surface area contributed by atoms with Crippen molar-refractivity contribution >= 4 is 21.6 Å². The Morgan fingerprint density at radius 2 is 1.93 bits per heavy atom. The van der Waals surface area contributed by atoms with Gasteiger partial charge in [0.2, 0.25) is 5.91 Å². The normalized spacial score (nSPS) is 23.4. The molecule has 1 amide bonds. The van der Waals surface area contributed by atoms with E-state index in [0.717, 1.165) is 18.7 Å². The van der Waals surface area contributed by atoms with Crippen molar-refractivity contribution in [2.45, 2.75) is 31.9 Å². The van der Waals surface area contributed by atoms with Gasteiger partial charge < -0.3 is 10.2 Å². The van der Waals surface area contributed by atoms with E-state index >= 15 is 0 Å². The Balaban J connectivity index is 1.46. The van der Waals surface area contributed by atoms with Crippen molar-refractivity contribution in [2.24, 2.45) is 11.8 Å². The highest BCUT2D eigenvalue weighted by Crippen LogP contribution is 2.30. The van der Waals surface area contributed by atoms with Gasteiger partial charge in [-0.3, -0.25) is 4.79 Å². The number of halogens is 3. The van der Waals surface area contributed by atoms with Crippen LogP contribution in [0.2, 0.25) is 0 Å². The number of piperidine rings is 1. The molecule has 1 aromatic heterocycles. The molecule has 0 aromatic carbocycles. The lowest BCUT2D eigenvalue weighted by Crippen LogP contribution is -2.43. The summed E-state index contributed by atoms with van der Waals surface area (Å²) in [5, 5.41) is 2.88. The van der Waals surface area contributed by atoms with E-state index in [-0.39, 0.29) is 29.2 Å². The van der Waals surface area contributed by atoms with Crippen LogP contribution in [0.25, 0.3) is 0 Å². The van der Waals surface area contributed by atoms with Crippen molar-refractivity contribution in [3.63, 3.8) is 0 Å². The number of rotatable bonds is 4. The van der Waals surface area contributed by atoms with Crippen molar-refractivity contribution in [3.8, 4) is 0 Å². The highest BCUT2D eigenvalue weighted by Gasteiger charge is 2.32. The molecule has 156 valence electrons. The van der Waals surface area contributed by atoms with E-state index in [4.69, 9.17) is 0 Å². The highest BCUT2D eigenvalue weighted by atomic mass is 32.2. The molecule has 6 nitrogen and oxygen atoms in total. The van der Waals surface area contributed by atoms with Crippen LogP contribution in [0.1, 0.15) is 31.2 Å². The monoisotopic (exact) mass is 419 g/mol. The lowest BCUT2D eigenvalue weighted by Gasteiger charge is -2.32. The third-order valence-corrected chi connectivity index (χ3v) is 7.28. The largest absolute Gasteiger partial charge is 0.417 e. The smallest absolute Gasteiger partial charge is 0.357 e. The first-order chi connectivity index (χ1) is 13.1. The minimum atomic E-state index is -4.41. The van der Waals surface area contributed by atoms with E-state index < -0.39 is 21.6 Å². The average Bonchev–Trinajstić information content (AvgIpc) is 2.65. The molecule has 3 rings (SSSR count). The summed E-state index contributed by atoms with van der Waals surface area (Å²) in [6.45, 7) is 1.45. The van der Waals surface area contributed by atoms with Crippen LogP contribution in [0.5, 0.6) is 0 Å². The maximum atomic E-state index is 12.6. The minimum Gasteiger partial charge on any atom is -0.357 e. The van der Waals surface area contributed by atoms with Crippen molar-refractivity contribution in [3.05, 3.63) is 23.9 Å². The number of sulfone groups is 1.